The third kappa shape index (κ3) is 2.44. The van der Waals surface area contributed by atoms with E-state index in [4.69, 9.17) is 23.2 Å². The molecule has 1 heterocycles. The Kier molecular flexibility index (Phi) is 4.05. The molecular weight excluding hydrogens is 289 g/mol. The standard InChI is InChI=1S/C13H11Cl2NOS/c1-8-5-12(17)9(7-18)6-16(8)11-4-2-3-10(14)13(11)15/h2-6,18H,7H2,1H3. The summed E-state index contributed by atoms with van der Waals surface area (Å²) >= 11 is 16.3. The zero-order chi connectivity index (χ0) is 13.3. The van der Waals surface area contributed by atoms with Crippen LogP contribution in [0, 0.1) is 6.92 Å². The molecule has 0 aliphatic carbocycles. The molecule has 0 atom stereocenters. The second-order valence-corrected chi connectivity index (χ2v) is 5.01. The molecule has 0 amide bonds. The first-order valence-corrected chi connectivity index (χ1v) is 6.71. The normalized spacial score (nSPS) is 10.7. The van der Waals surface area contributed by atoms with Crippen molar-refractivity contribution >= 4 is 35.8 Å². The van der Waals surface area contributed by atoms with Crippen LogP contribution in [0.25, 0.3) is 5.69 Å². The fourth-order valence-corrected chi connectivity index (χ4v) is 2.35. The lowest BCUT2D eigenvalue weighted by Gasteiger charge is -2.14. The van der Waals surface area contributed by atoms with Gasteiger partial charge in [0.05, 0.1) is 15.7 Å². The van der Waals surface area contributed by atoms with E-state index in [9.17, 15) is 4.79 Å². The number of hydrogen-bond donors (Lipinski definition) is 1. The zero-order valence-corrected chi connectivity index (χ0v) is 12.1. The first kappa shape index (κ1) is 13.5. The predicted octanol–water partition coefficient (Wildman–Crippen LogP) is 3.88. The Morgan fingerprint density at radius 3 is 2.72 bits per heavy atom. The van der Waals surface area contributed by atoms with Gasteiger partial charge >= 0.3 is 0 Å². The van der Waals surface area contributed by atoms with Gasteiger partial charge in [-0.05, 0) is 19.1 Å². The minimum absolute atomic E-state index is 0.0168. The molecule has 5 heteroatoms. The van der Waals surface area contributed by atoms with E-state index in [2.05, 4.69) is 12.6 Å². The summed E-state index contributed by atoms with van der Waals surface area (Å²) in [6.07, 6.45) is 1.75. The topological polar surface area (TPSA) is 22.0 Å². The van der Waals surface area contributed by atoms with E-state index in [0.717, 1.165) is 11.4 Å². The van der Waals surface area contributed by atoms with Crippen molar-refractivity contribution in [3.63, 3.8) is 0 Å². The highest BCUT2D eigenvalue weighted by molar-refractivity contribution is 7.79. The van der Waals surface area contributed by atoms with Gasteiger partial charge < -0.3 is 4.57 Å². The van der Waals surface area contributed by atoms with Gasteiger partial charge in [0.15, 0.2) is 5.43 Å². The maximum Gasteiger partial charge on any atom is 0.185 e. The number of hydrogen-bond acceptors (Lipinski definition) is 2. The van der Waals surface area contributed by atoms with Crippen LogP contribution in [0.5, 0.6) is 0 Å². The van der Waals surface area contributed by atoms with Gasteiger partial charge in [-0.15, -0.1) is 0 Å². The van der Waals surface area contributed by atoms with Crippen LogP contribution in [0.4, 0.5) is 0 Å². The van der Waals surface area contributed by atoms with Crippen molar-refractivity contribution in [2.45, 2.75) is 12.7 Å². The van der Waals surface area contributed by atoms with Crippen LogP contribution < -0.4 is 5.43 Å². The van der Waals surface area contributed by atoms with Crippen LogP contribution >= 0.6 is 35.8 Å². The summed E-state index contributed by atoms with van der Waals surface area (Å²) in [5.74, 6) is 0.386. The van der Waals surface area contributed by atoms with Crippen molar-refractivity contribution in [1.29, 1.82) is 0 Å². The molecule has 2 aromatic rings. The number of nitrogens with zero attached hydrogens (tertiary/aromatic N) is 1. The van der Waals surface area contributed by atoms with Gasteiger partial charge in [0.2, 0.25) is 0 Å². The summed E-state index contributed by atoms with van der Waals surface area (Å²) in [4.78, 5) is 11.7. The summed E-state index contributed by atoms with van der Waals surface area (Å²) in [6.45, 7) is 1.85. The van der Waals surface area contributed by atoms with Crippen molar-refractivity contribution in [2.75, 3.05) is 0 Å². The first-order valence-electron chi connectivity index (χ1n) is 5.32. The number of aromatic nitrogens is 1. The molecule has 0 bridgehead atoms. The molecule has 0 saturated heterocycles. The highest BCUT2D eigenvalue weighted by atomic mass is 35.5. The highest BCUT2D eigenvalue weighted by Crippen LogP contribution is 2.29. The fraction of sp³-hybridized carbons (Fsp3) is 0.154. The van der Waals surface area contributed by atoms with Crippen molar-refractivity contribution < 1.29 is 0 Å². The van der Waals surface area contributed by atoms with Gasteiger partial charge in [0.1, 0.15) is 0 Å². The molecule has 1 aromatic heterocycles. The molecule has 0 saturated carbocycles. The van der Waals surface area contributed by atoms with Gasteiger partial charge in [-0.1, -0.05) is 29.3 Å². The Morgan fingerprint density at radius 2 is 2.06 bits per heavy atom. The average Bonchev–Trinajstić information content (AvgIpc) is 2.34. The maximum atomic E-state index is 11.7. The van der Waals surface area contributed by atoms with E-state index in [1.54, 1.807) is 18.3 Å². The molecule has 0 spiro atoms. The number of halogens is 2. The Morgan fingerprint density at radius 1 is 1.33 bits per heavy atom. The molecule has 0 N–H and O–H groups in total. The zero-order valence-electron chi connectivity index (χ0n) is 9.65. The molecule has 18 heavy (non-hydrogen) atoms. The van der Waals surface area contributed by atoms with Gasteiger partial charge in [-0.2, -0.15) is 12.6 Å². The Balaban J connectivity index is 2.71. The molecule has 2 rings (SSSR count). The number of rotatable bonds is 2. The summed E-state index contributed by atoms with van der Waals surface area (Å²) in [5, 5.41) is 0.954. The number of pyridine rings is 1. The molecule has 0 aliphatic rings. The second kappa shape index (κ2) is 5.39. The minimum Gasteiger partial charge on any atom is -0.319 e. The van der Waals surface area contributed by atoms with Crippen LogP contribution in [0.3, 0.4) is 0 Å². The molecule has 0 radical (unpaired) electrons. The molecule has 0 unspecified atom stereocenters. The predicted molar refractivity (Wildman–Crippen MR) is 79.5 cm³/mol. The van der Waals surface area contributed by atoms with Crippen molar-refractivity contribution in [2.24, 2.45) is 0 Å². The summed E-state index contributed by atoms with van der Waals surface area (Å²) in [5.41, 5.74) is 2.16. The lowest BCUT2D eigenvalue weighted by molar-refractivity contribution is 0.956. The molecule has 0 aliphatic heterocycles. The van der Waals surface area contributed by atoms with E-state index < -0.39 is 0 Å². The molecule has 1 aromatic carbocycles. The number of benzene rings is 1. The lowest BCUT2D eigenvalue weighted by Crippen LogP contribution is -2.13. The molecule has 94 valence electrons. The van der Waals surface area contributed by atoms with E-state index in [1.165, 1.54) is 0 Å². The largest absolute Gasteiger partial charge is 0.319 e. The smallest absolute Gasteiger partial charge is 0.185 e. The molecule has 0 fully saturated rings. The van der Waals surface area contributed by atoms with Crippen LogP contribution in [-0.4, -0.2) is 4.57 Å². The van der Waals surface area contributed by atoms with E-state index >= 15 is 0 Å². The van der Waals surface area contributed by atoms with Crippen LogP contribution in [-0.2, 0) is 5.75 Å². The van der Waals surface area contributed by atoms with E-state index in [-0.39, 0.29) is 5.43 Å². The fourth-order valence-electron chi connectivity index (χ4n) is 1.73. The van der Waals surface area contributed by atoms with E-state index in [0.29, 0.717) is 21.4 Å². The summed E-state index contributed by atoms with van der Waals surface area (Å²) < 4.78 is 1.85. The van der Waals surface area contributed by atoms with Crippen LogP contribution in [0.2, 0.25) is 10.0 Å². The maximum absolute atomic E-state index is 11.7. The van der Waals surface area contributed by atoms with Gasteiger partial charge in [-0.3, -0.25) is 4.79 Å². The SMILES string of the molecule is Cc1cc(=O)c(CS)cn1-c1cccc(Cl)c1Cl. The quantitative estimate of drug-likeness (QED) is 0.835. The van der Waals surface area contributed by atoms with Gasteiger partial charge in [0, 0.05) is 29.3 Å². The molecule has 2 nitrogen and oxygen atoms in total. The monoisotopic (exact) mass is 299 g/mol. The summed E-state index contributed by atoms with van der Waals surface area (Å²) in [7, 11) is 0. The first-order chi connectivity index (χ1) is 8.54. The van der Waals surface area contributed by atoms with Gasteiger partial charge in [0.25, 0.3) is 0 Å². The third-order valence-corrected chi connectivity index (χ3v) is 3.83. The summed E-state index contributed by atoms with van der Waals surface area (Å²) in [6, 6.07) is 6.98. The Labute approximate surface area is 121 Å². The van der Waals surface area contributed by atoms with E-state index in [1.807, 2.05) is 23.6 Å². The molecular formula is C13H11Cl2NOS. The second-order valence-electron chi connectivity index (χ2n) is 3.91. The Hall–Kier alpha value is -0.900. The lowest BCUT2D eigenvalue weighted by atomic mass is 10.2. The number of aryl methyl sites for hydroxylation is 1. The van der Waals surface area contributed by atoms with Crippen LogP contribution in [0.1, 0.15) is 11.3 Å². The van der Waals surface area contributed by atoms with Crippen molar-refractivity contribution in [3.8, 4) is 5.69 Å². The number of thiol groups is 1. The highest BCUT2D eigenvalue weighted by Gasteiger charge is 2.09. The van der Waals surface area contributed by atoms with Crippen LogP contribution in [0.15, 0.2) is 35.3 Å². The third-order valence-electron chi connectivity index (χ3n) is 2.68. The van der Waals surface area contributed by atoms with Crippen molar-refractivity contribution in [1.82, 2.24) is 4.57 Å². The average molecular weight is 300 g/mol. The van der Waals surface area contributed by atoms with Crippen molar-refractivity contribution in [3.05, 3.63) is 62.0 Å². The van der Waals surface area contributed by atoms with Gasteiger partial charge in [-0.25, -0.2) is 0 Å². The Bertz CT molecular complexity index is 652. The minimum atomic E-state index is -0.0168.